The molecule has 2 fully saturated rings. The Labute approximate surface area is 139 Å². The average molecular weight is 332 g/mol. The largest absolute Gasteiger partial charge is 0.497 e. The fourth-order valence-electron chi connectivity index (χ4n) is 3.16. The van der Waals surface area contributed by atoms with E-state index in [2.05, 4.69) is 10.6 Å². The molecular weight excluding hydrogens is 312 g/mol. The highest BCUT2D eigenvalue weighted by Gasteiger charge is 2.47. The van der Waals surface area contributed by atoms with Gasteiger partial charge in [-0.3, -0.25) is 9.59 Å². The van der Waals surface area contributed by atoms with Gasteiger partial charge < -0.3 is 25.2 Å². The van der Waals surface area contributed by atoms with Crippen LogP contribution < -0.4 is 15.4 Å². The Morgan fingerprint density at radius 2 is 2.12 bits per heavy atom. The molecule has 0 saturated carbocycles. The number of carbonyl (C=O) groups excluding carboxylic acids is 3. The molecule has 2 aliphatic heterocycles. The van der Waals surface area contributed by atoms with Gasteiger partial charge in [0.15, 0.2) is 0 Å². The summed E-state index contributed by atoms with van der Waals surface area (Å²) in [6.45, 7) is 0.575. The normalized spacial score (nSPS) is 23.1. The molecule has 0 aromatic heterocycles. The number of urea groups is 1. The topological polar surface area (TPSA) is 91.0 Å². The van der Waals surface area contributed by atoms with Crippen LogP contribution in [0, 0.1) is 0 Å². The lowest BCUT2D eigenvalue weighted by Crippen LogP contribution is -2.61. The minimum Gasteiger partial charge on any atom is -0.497 e. The van der Waals surface area contributed by atoms with Crippen molar-refractivity contribution in [3.05, 3.63) is 24.3 Å². The van der Waals surface area contributed by atoms with Crippen LogP contribution in [0.4, 0.5) is 10.5 Å². The number of ether oxygens (including phenoxy) is 1. The molecule has 0 aliphatic carbocycles. The number of hydrogen-bond acceptors (Lipinski definition) is 4. The zero-order valence-corrected chi connectivity index (χ0v) is 13.6. The number of carbonyl (C=O) groups is 3. The number of benzene rings is 1. The summed E-state index contributed by atoms with van der Waals surface area (Å²) in [6, 6.07) is 5.56. The first kappa shape index (κ1) is 16.1. The summed E-state index contributed by atoms with van der Waals surface area (Å²) in [5, 5.41) is 5.52. The number of piperazine rings is 1. The quantitative estimate of drug-likeness (QED) is 0.831. The highest BCUT2D eigenvalue weighted by atomic mass is 16.5. The summed E-state index contributed by atoms with van der Waals surface area (Å²) >= 11 is 0. The monoisotopic (exact) mass is 332 g/mol. The van der Waals surface area contributed by atoms with Crippen LogP contribution >= 0.6 is 0 Å². The summed E-state index contributed by atoms with van der Waals surface area (Å²) in [6.07, 6.45) is 0.557. The van der Waals surface area contributed by atoms with Crippen molar-refractivity contribution >= 4 is 23.5 Å². The summed E-state index contributed by atoms with van der Waals surface area (Å²) in [7, 11) is 3.15. The molecule has 8 heteroatoms. The standard InChI is InChI=1S/C16H20N4O4/c1-19-9-13(21)20-7-6-12(14(20)15(19)22)18-16(23)17-10-4-3-5-11(8-10)24-2/h3-5,8,12,14H,6-7,9H2,1-2H3,(H2,17,18,23). The van der Waals surface area contributed by atoms with Gasteiger partial charge in [0.05, 0.1) is 19.7 Å². The molecule has 1 aromatic carbocycles. The van der Waals surface area contributed by atoms with Crippen molar-refractivity contribution in [1.82, 2.24) is 15.1 Å². The van der Waals surface area contributed by atoms with Gasteiger partial charge in [0.25, 0.3) is 0 Å². The number of anilines is 1. The van der Waals surface area contributed by atoms with Crippen molar-refractivity contribution in [1.29, 1.82) is 0 Å². The minimum absolute atomic E-state index is 0.0837. The van der Waals surface area contributed by atoms with Gasteiger partial charge in [0.2, 0.25) is 11.8 Å². The number of nitrogens with one attached hydrogen (secondary N) is 2. The number of likely N-dealkylation sites (N-methyl/N-ethyl adjacent to an activating group) is 1. The smallest absolute Gasteiger partial charge is 0.319 e. The number of amides is 4. The lowest BCUT2D eigenvalue weighted by molar-refractivity contribution is -0.152. The van der Waals surface area contributed by atoms with Crippen molar-refractivity contribution in [2.75, 3.05) is 32.6 Å². The number of fused-ring (bicyclic) bond motifs is 1. The Morgan fingerprint density at radius 3 is 2.88 bits per heavy atom. The molecular formula is C16H20N4O4. The molecule has 24 heavy (non-hydrogen) atoms. The van der Waals surface area contributed by atoms with Crippen LogP contribution in [0.25, 0.3) is 0 Å². The van der Waals surface area contributed by atoms with Crippen molar-refractivity contribution in [3.63, 3.8) is 0 Å². The van der Waals surface area contributed by atoms with Gasteiger partial charge in [0.1, 0.15) is 11.8 Å². The Kier molecular flexibility index (Phi) is 4.28. The molecule has 0 bridgehead atoms. The number of methoxy groups -OCH3 is 1. The maximum absolute atomic E-state index is 12.3. The number of hydrogen-bond donors (Lipinski definition) is 2. The number of rotatable bonds is 3. The Hall–Kier alpha value is -2.77. The molecule has 4 amide bonds. The number of nitrogens with zero attached hydrogens (tertiary/aromatic N) is 2. The average Bonchev–Trinajstić information content (AvgIpc) is 2.97. The lowest BCUT2D eigenvalue weighted by atomic mass is 10.1. The van der Waals surface area contributed by atoms with Crippen LogP contribution in [0.5, 0.6) is 5.75 Å². The molecule has 2 atom stereocenters. The van der Waals surface area contributed by atoms with E-state index >= 15 is 0 Å². The van der Waals surface area contributed by atoms with Crippen LogP contribution in [-0.2, 0) is 9.59 Å². The van der Waals surface area contributed by atoms with Gasteiger partial charge in [-0.25, -0.2) is 4.79 Å². The predicted octanol–water partition coefficient (Wildman–Crippen LogP) is 0.258. The molecule has 2 heterocycles. The fraction of sp³-hybridized carbons (Fsp3) is 0.438. The van der Waals surface area contributed by atoms with Crippen LogP contribution in [0.1, 0.15) is 6.42 Å². The van der Waals surface area contributed by atoms with E-state index in [0.717, 1.165) is 0 Å². The summed E-state index contributed by atoms with van der Waals surface area (Å²) in [5.41, 5.74) is 0.588. The first-order valence-corrected chi connectivity index (χ1v) is 7.75. The highest BCUT2D eigenvalue weighted by molar-refractivity contribution is 5.97. The zero-order valence-electron chi connectivity index (χ0n) is 13.6. The Morgan fingerprint density at radius 1 is 1.33 bits per heavy atom. The summed E-state index contributed by atoms with van der Waals surface area (Å²) in [4.78, 5) is 39.5. The second-order valence-corrected chi connectivity index (χ2v) is 5.95. The molecule has 2 N–H and O–H groups in total. The highest BCUT2D eigenvalue weighted by Crippen LogP contribution is 2.24. The molecule has 0 radical (unpaired) electrons. The Bertz CT molecular complexity index is 678. The molecule has 3 rings (SSSR count). The molecule has 0 spiro atoms. The first-order valence-electron chi connectivity index (χ1n) is 7.75. The van der Waals surface area contributed by atoms with Gasteiger partial charge in [-0.1, -0.05) is 6.07 Å². The fourth-order valence-corrected chi connectivity index (χ4v) is 3.16. The zero-order chi connectivity index (χ0) is 17.3. The van der Waals surface area contributed by atoms with E-state index < -0.39 is 18.1 Å². The van der Waals surface area contributed by atoms with E-state index in [-0.39, 0.29) is 18.4 Å². The maximum Gasteiger partial charge on any atom is 0.319 e. The van der Waals surface area contributed by atoms with E-state index in [4.69, 9.17) is 4.74 Å². The third-order valence-corrected chi connectivity index (χ3v) is 4.36. The van der Waals surface area contributed by atoms with E-state index in [1.54, 1.807) is 43.3 Å². The SMILES string of the molecule is COc1cccc(NC(=O)NC2CCN3C(=O)CN(C)C(=O)C23)c1. The molecule has 2 aliphatic rings. The van der Waals surface area contributed by atoms with Crippen molar-refractivity contribution < 1.29 is 19.1 Å². The summed E-state index contributed by atoms with van der Waals surface area (Å²) in [5.74, 6) is 0.410. The van der Waals surface area contributed by atoms with Crippen molar-refractivity contribution in [2.24, 2.45) is 0 Å². The van der Waals surface area contributed by atoms with E-state index in [1.807, 2.05) is 0 Å². The van der Waals surface area contributed by atoms with Gasteiger partial charge in [-0.05, 0) is 18.6 Å². The summed E-state index contributed by atoms with van der Waals surface area (Å²) < 4.78 is 5.11. The molecule has 2 saturated heterocycles. The van der Waals surface area contributed by atoms with Gasteiger partial charge in [-0.15, -0.1) is 0 Å². The van der Waals surface area contributed by atoms with Crippen LogP contribution in [0.15, 0.2) is 24.3 Å². The van der Waals surface area contributed by atoms with Gasteiger partial charge in [0, 0.05) is 25.3 Å². The van der Waals surface area contributed by atoms with Crippen LogP contribution in [-0.4, -0.2) is 67.0 Å². The molecule has 2 unspecified atom stereocenters. The third-order valence-electron chi connectivity index (χ3n) is 4.36. The second kappa shape index (κ2) is 6.38. The minimum atomic E-state index is -0.618. The lowest BCUT2D eigenvalue weighted by Gasteiger charge is -2.36. The van der Waals surface area contributed by atoms with E-state index in [0.29, 0.717) is 24.4 Å². The molecule has 128 valence electrons. The van der Waals surface area contributed by atoms with E-state index in [9.17, 15) is 14.4 Å². The first-order chi connectivity index (χ1) is 11.5. The molecule has 8 nitrogen and oxygen atoms in total. The molecule has 1 aromatic rings. The van der Waals surface area contributed by atoms with Crippen LogP contribution in [0.2, 0.25) is 0 Å². The second-order valence-electron chi connectivity index (χ2n) is 5.95. The van der Waals surface area contributed by atoms with Crippen LogP contribution in [0.3, 0.4) is 0 Å². The van der Waals surface area contributed by atoms with Gasteiger partial charge in [-0.2, -0.15) is 0 Å². The Balaban J connectivity index is 1.66. The maximum atomic E-state index is 12.3. The third kappa shape index (κ3) is 2.99. The van der Waals surface area contributed by atoms with Crippen molar-refractivity contribution in [2.45, 2.75) is 18.5 Å². The predicted molar refractivity (Wildman–Crippen MR) is 86.7 cm³/mol. The van der Waals surface area contributed by atoms with Gasteiger partial charge >= 0.3 is 6.03 Å². The van der Waals surface area contributed by atoms with Crippen molar-refractivity contribution in [3.8, 4) is 5.75 Å². The van der Waals surface area contributed by atoms with E-state index in [1.165, 1.54) is 4.90 Å².